The van der Waals surface area contributed by atoms with Crippen LogP contribution in [0.1, 0.15) is 36.2 Å². The summed E-state index contributed by atoms with van der Waals surface area (Å²) in [6.07, 6.45) is 5.18. The zero-order valence-electron chi connectivity index (χ0n) is 11.2. The Kier molecular flexibility index (Phi) is 5.37. The first-order valence-corrected chi connectivity index (χ1v) is 6.71. The van der Waals surface area contributed by atoms with Gasteiger partial charge in [-0.05, 0) is 25.0 Å². The highest BCUT2D eigenvalue weighted by molar-refractivity contribution is 5.92. The van der Waals surface area contributed by atoms with Crippen LogP contribution in [0.4, 0.5) is 0 Å². The number of hydrogen-bond donors (Lipinski definition) is 2. The summed E-state index contributed by atoms with van der Waals surface area (Å²) in [5.74, 6) is 0.720. The first-order valence-electron chi connectivity index (χ1n) is 6.71. The molecule has 0 spiro atoms. The van der Waals surface area contributed by atoms with Gasteiger partial charge in [0.15, 0.2) is 11.5 Å². The lowest BCUT2D eigenvalue weighted by Crippen LogP contribution is -2.24. The maximum atomic E-state index is 11.8. The molecular weight excluding hydrogens is 260 g/mol. The van der Waals surface area contributed by atoms with E-state index in [1.807, 2.05) is 0 Å². The van der Waals surface area contributed by atoms with Gasteiger partial charge < -0.3 is 19.4 Å². The van der Waals surface area contributed by atoms with E-state index < -0.39 is 0 Å². The second-order valence-electron chi connectivity index (χ2n) is 4.45. The van der Waals surface area contributed by atoms with E-state index in [4.69, 9.17) is 14.0 Å². The Morgan fingerprint density at radius 3 is 2.85 bits per heavy atom. The summed E-state index contributed by atoms with van der Waals surface area (Å²) in [6.45, 7) is 0.814. The van der Waals surface area contributed by atoms with Crippen LogP contribution in [-0.2, 0) is 0 Å². The Hall–Kier alpha value is -2.08. The third kappa shape index (κ3) is 3.96. The van der Waals surface area contributed by atoms with Gasteiger partial charge in [-0.25, -0.2) is 0 Å². The highest BCUT2D eigenvalue weighted by Crippen LogP contribution is 2.20. The van der Waals surface area contributed by atoms with Crippen molar-refractivity contribution < 1.29 is 18.8 Å². The van der Waals surface area contributed by atoms with Gasteiger partial charge in [-0.3, -0.25) is 4.79 Å². The second-order valence-corrected chi connectivity index (χ2v) is 4.45. The van der Waals surface area contributed by atoms with Crippen LogP contribution in [0.3, 0.4) is 0 Å². The molecule has 0 bridgehead atoms. The molecule has 2 rings (SSSR count). The molecule has 6 nitrogen and oxygen atoms in total. The molecule has 0 saturated heterocycles. The average Bonchev–Trinajstić information content (AvgIpc) is 3.12. The molecule has 0 aliphatic carbocycles. The molecule has 0 aliphatic heterocycles. The van der Waals surface area contributed by atoms with Gasteiger partial charge >= 0.3 is 0 Å². The minimum absolute atomic E-state index is 0.223. The van der Waals surface area contributed by atoms with E-state index in [0.29, 0.717) is 18.1 Å². The van der Waals surface area contributed by atoms with Gasteiger partial charge in [0.1, 0.15) is 0 Å². The molecule has 6 heteroatoms. The fourth-order valence-corrected chi connectivity index (χ4v) is 1.80. The molecule has 0 unspecified atom stereocenters. The Bertz CT molecular complexity index is 519. The summed E-state index contributed by atoms with van der Waals surface area (Å²) in [5, 5.41) is 15.1. The van der Waals surface area contributed by atoms with Crippen LogP contribution in [0, 0.1) is 0 Å². The van der Waals surface area contributed by atoms with Gasteiger partial charge in [-0.2, -0.15) is 0 Å². The van der Waals surface area contributed by atoms with Crippen LogP contribution < -0.4 is 5.32 Å². The minimum Gasteiger partial charge on any atom is -0.461 e. The van der Waals surface area contributed by atoms with Crippen molar-refractivity contribution in [1.29, 1.82) is 0 Å². The number of amides is 1. The molecule has 0 radical (unpaired) electrons. The lowest BCUT2D eigenvalue weighted by Gasteiger charge is -2.02. The van der Waals surface area contributed by atoms with E-state index in [-0.39, 0.29) is 18.2 Å². The van der Waals surface area contributed by atoms with E-state index in [1.165, 1.54) is 6.26 Å². The lowest BCUT2D eigenvalue weighted by atomic mass is 10.2. The third-order valence-electron chi connectivity index (χ3n) is 2.88. The molecule has 0 fully saturated rings. The van der Waals surface area contributed by atoms with Gasteiger partial charge in [0.25, 0.3) is 5.91 Å². The van der Waals surface area contributed by atoms with Crippen LogP contribution in [0.5, 0.6) is 0 Å². The number of aliphatic hydroxyl groups is 1. The van der Waals surface area contributed by atoms with Gasteiger partial charge in [-0.15, -0.1) is 0 Å². The highest BCUT2D eigenvalue weighted by atomic mass is 16.5. The van der Waals surface area contributed by atoms with Crippen molar-refractivity contribution in [2.45, 2.75) is 25.7 Å². The van der Waals surface area contributed by atoms with Crippen molar-refractivity contribution in [3.63, 3.8) is 0 Å². The first kappa shape index (κ1) is 14.3. The number of aliphatic hydroxyl groups excluding tert-OH is 1. The number of rotatable bonds is 8. The first-order chi connectivity index (χ1) is 9.81. The van der Waals surface area contributed by atoms with Crippen LogP contribution in [0.25, 0.3) is 11.5 Å². The largest absolute Gasteiger partial charge is 0.461 e. The molecular formula is C14H18N2O4. The molecule has 0 atom stereocenters. The smallest absolute Gasteiger partial charge is 0.273 e. The van der Waals surface area contributed by atoms with Crippen molar-refractivity contribution in [3.05, 3.63) is 30.2 Å². The van der Waals surface area contributed by atoms with Crippen molar-refractivity contribution in [2.75, 3.05) is 13.2 Å². The highest BCUT2D eigenvalue weighted by Gasteiger charge is 2.14. The van der Waals surface area contributed by atoms with Crippen molar-refractivity contribution in [3.8, 4) is 11.5 Å². The van der Waals surface area contributed by atoms with Crippen LogP contribution in [0.2, 0.25) is 0 Å². The van der Waals surface area contributed by atoms with E-state index in [0.717, 1.165) is 25.7 Å². The van der Waals surface area contributed by atoms with E-state index in [2.05, 4.69) is 10.5 Å². The van der Waals surface area contributed by atoms with Gasteiger partial charge in [0.2, 0.25) is 5.76 Å². The van der Waals surface area contributed by atoms with Gasteiger partial charge in [0.05, 0.1) is 6.26 Å². The van der Waals surface area contributed by atoms with Crippen molar-refractivity contribution >= 4 is 5.91 Å². The minimum atomic E-state index is -0.256. The van der Waals surface area contributed by atoms with Gasteiger partial charge in [0, 0.05) is 19.2 Å². The normalized spacial score (nSPS) is 10.7. The number of carbonyl (C=O) groups is 1. The quantitative estimate of drug-likeness (QED) is 0.723. The third-order valence-corrected chi connectivity index (χ3v) is 2.88. The number of carbonyl (C=O) groups excluding carboxylic acids is 1. The predicted molar refractivity (Wildman–Crippen MR) is 72.1 cm³/mol. The summed E-state index contributed by atoms with van der Waals surface area (Å²) < 4.78 is 10.2. The molecule has 108 valence electrons. The fourth-order valence-electron chi connectivity index (χ4n) is 1.80. The molecule has 0 aliphatic rings. The SMILES string of the molecule is O=C(NCCCCCCO)c1cc(-c2ccco2)on1. The number of unbranched alkanes of at least 4 members (excludes halogenated alkanes) is 3. The maximum Gasteiger partial charge on any atom is 0.273 e. The molecule has 2 aromatic heterocycles. The zero-order valence-corrected chi connectivity index (χ0v) is 11.2. The number of aromatic nitrogens is 1. The predicted octanol–water partition coefficient (Wildman–Crippen LogP) is 2.22. The number of nitrogens with one attached hydrogen (secondary N) is 1. The molecule has 2 heterocycles. The maximum absolute atomic E-state index is 11.8. The Labute approximate surface area is 116 Å². The van der Waals surface area contributed by atoms with Crippen LogP contribution in [-0.4, -0.2) is 29.3 Å². The second kappa shape index (κ2) is 7.49. The Morgan fingerprint density at radius 1 is 1.25 bits per heavy atom. The average molecular weight is 278 g/mol. The van der Waals surface area contributed by atoms with Crippen LogP contribution >= 0.6 is 0 Å². The Balaban J connectivity index is 1.76. The molecule has 2 aromatic rings. The van der Waals surface area contributed by atoms with Crippen molar-refractivity contribution in [2.24, 2.45) is 0 Å². The van der Waals surface area contributed by atoms with Gasteiger partial charge in [-0.1, -0.05) is 18.0 Å². The standard InChI is InChI=1S/C14H18N2O4/c17-8-4-2-1-3-7-15-14(18)11-10-13(20-16-11)12-6-5-9-19-12/h5-6,9-10,17H,1-4,7-8H2,(H,15,18). The van der Waals surface area contributed by atoms with Crippen molar-refractivity contribution in [1.82, 2.24) is 10.5 Å². The molecule has 2 N–H and O–H groups in total. The monoisotopic (exact) mass is 278 g/mol. The molecule has 0 saturated carbocycles. The Morgan fingerprint density at radius 2 is 2.10 bits per heavy atom. The van der Waals surface area contributed by atoms with E-state index in [1.54, 1.807) is 18.2 Å². The molecule has 20 heavy (non-hydrogen) atoms. The number of nitrogens with zero attached hydrogens (tertiary/aromatic N) is 1. The summed E-state index contributed by atoms with van der Waals surface area (Å²) in [6, 6.07) is 5.03. The zero-order chi connectivity index (χ0) is 14.2. The summed E-state index contributed by atoms with van der Waals surface area (Å²) in [5.41, 5.74) is 0.242. The summed E-state index contributed by atoms with van der Waals surface area (Å²) >= 11 is 0. The topological polar surface area (TPSA) is 88.5 Å². The summed E-state index contributed by atoms with van der Waals surface area (Å²) in [4.78, 5) is 11.8. The lowest BCUT2D eigenvalue weighted by molar-refractivity contribution is 0.0944. The van der Waals surface area contributed by atoms with E-state index >= 15 is 0 Å². The van der Waals surface area contributed by atoms with Crippen LogP contribution in [0.15, 0.2) is 33.4 Å². The fraction of sp³-hybridized carbons (Fsp3) is 0.429. The number of furan rings is 1. The number of hydrogen-bond acceptors (Lipinski definition) is 5. The van der Waals surface area contributed by atoms with E-state index in [9.17, 15) is 4.79 Å². The molecule has 0 aromatic carbocycles. The molecule has 1 amide bonds. The summed E-state index contributed by atoms with van der Waals surface area (Å²) in [7, 11) is 0.